The van der Waals surface area contributed by atoms with E-state index in [1.54, 1.807) is 12.1 Å². The number of benzene rings is 2. The normalized spacial score (nSPS) is 10.5. The minimum Gasteiger partial charge on any atom is -0.320 e. The van der Waals surface area contributed by atoms with Crippen LogP contribution in [0.25, 0.3) is 5.69 Å². The monoisotopic (exact) mass is 337 g/mol. The summed E-state index contributed by atoms with van der Waals surface area (Å²) in [4.78, 5) is 24.4. The fourth-order valence-electron chi connectivity index (χ4n) is 2.32. The van der Waals surface area contributed by atoms with E-state index in [-0.39, 0.29) is 11.5 Å². The third-order valence-corrected chi connectivity index (χ3v) is 3.73. The van der Waals surface area contributed by atoms with Crippen molar-refractivity contribution < 1.29 is 9.18 Å². The van der Waals surface area contributed by atoms with Crippen molar-refractivity contribution in [2.75, 3.05) is 5.32 Å². The molecule has 1 aromatic heterocycles. The molecule has 1 amide bonds. The molecule has 0 aliphatic heterocycles. The smallest absolute Gasteiger partial charge is 0.280 e. The molecule has 25 heavy (non-hydrogen) atoms. The zero-order chi connectivity index (χ0) is 17.8. The molecule has 0 radical (unpaired) electrons. The van der Waals surface area contributed by atoms with Gasteiger partial charge in [0.2, 0.25) is 5.43 Å². The lowest BCUT2D eigenvalue weighted by Gasteiger charge is -2.08. The Bertz CT molecular complexity index is 948. The lowest BCUT2D eigenvalue weighted by atomic mass is 10.1. The molecule has 0 saturated carbocycles. The van der Waals surface area contributed by atoms with Crippen LogP contribution in [0.4, 0.5) is 10.1 Å². The van der Waals surface area contributed by atoms with Crippen LogP contribution >= 0.6 is 0 Å². The fourth-order valence-corrected chi connectivity index (χ4v) is 2.32. The van der Waals surface area contributed by atoms with Crippen LogP contribution in [0.5, 0.6) is 0 Å². The van der Waals surface area contributed by atoms with E-state index in [1.807, 2.05) is 19.1 Å². The summed E-state index contributed by atoms with van der Waals surface area (Å²) in [6.45, 7) is 2.04. The molecule has 0 bridgehead atoms. The molecule has 6 heteroatoms. The largest absolute Gasteiger partial charge is 0.320 e. The van der Waals surface area contributed by atoms with Crippen LogP contribution in [0.15, 0.2) is 65.6 Å². The van der Waals surface area contributed by atoms with Crippen LogP contribution in [0.1, 0.15) is 23.0 Å². The zero-order valence-electron chi connectivity index (χ0n) is 13.6. The first-order chi connectivity index (χ1) is 12.1. The molecule has 3 rings (SSSR count). The molecule has 2 aromatic carbocycles. The average Bonchev–Trinajstić information content (AvgIpc) is 2.63. The van der Waals surface area contributed by atoms with Gasteiger partial charge < -0.3 is 5.32 Å². The van der Waals surface area contributed by atoms with Gasteiger partial charge in [-0.15, -0.1) is 0 Å². The Morgan fingerprint density at radius 1 is 1.08 bits per heavy atom. The summed E-state index contributed by atoms with van der Waals surface area (Å²) in [5.41, 5.74) is 1.56. The van der Waals surface area contributed by atoms with E-state index in [0.29, 0.717) is 11.4 Å². The minimum absolute atomic E-state index is 0.230. The Morgan fingerprint density at radius 3 is 2.40 bits per heavy atom. The molecule has 3 aromatic rings. The highest BCUT2D eigenvalue weighted by molar-refractivity contribution is 6.02. The highest BCUT2D eigenvalue weighted by Crippen LogP contribution is 2.11. The predicted octanol–water partition coefficient (Wildman–Crippen LogP) is 3.19. The SMILES string of the molecule is CCc1ccc(NC(=O)c2nn(-c3ccc(F)cc3)ccc2=O)cc1. The molecule has 0 fully saturated rings. The first kappa shape index (κ1) is 16.6. The maximum absolute atomic E-state index is 13.0. The van der Waals surface area contributed by atoms with Crippen LogP contribution < -0.4 is 10.7 Å². The summed E-state index contributed by atoms with van der Waals surface area (Å²) in [5.74, 6) is -0.969. The van der Waals surface area contributed by atoms with E-state index in [0.717, 1.165) is 12.0 Å². The summed E-state index contributed by atoms with van der Waals surface area (Å²) in [6, 6.07) is 14.2. The van der Waals surface area contributed by atoms with Gasteiger partial charge in [-0.05, 0) is 48.4 Å². The maximum atomic E-state index is 13.0. The Kier molecular flexibility index (Phi) is 4.70. The van der Waals surface area contributed by atoms with Crippen molar-refractivity contribution in [3.8, 4) is 5.69 Å². The molecular weight excluding hydrogens is 321 g/mol. The highest BCUT2D eigenvalue weighted by atomic mass is 19.1. The van der Waals surface area contributed by atoms with Crippen LogP contribution in [-0.2, 0) is 6.42 Å². The topological polar surface area (TPSA) is 64.0 Å². The van der Waals surface area contributed by atoms with Gasteiger partial charge in [0.15, 0.2) is 5.69 Å². The van der Waals surface area contributed by atoms with Crippen molar-refractivity contribution in [1.29, 1.82) is 0 Å². The highest BCUT2D eigenvalue weighted by Gasteiger charge is 2.13. The van der Waals surface area contributed by atoms with Gasteiger partial charge in [0, 0.05) is 18.0 Å². The van der Waals surface area contributed by atoms with Crippen molar-refractivity contribution in [1.82, 2.24) is 9.78 Å². The lowest BCUT2D eigenvalue weighted by Crippen LogP contribution is -2.25. The maximum Gasteiger partial charge on any atom is 0.280 e. The standard InChI is InChI=1S/C19H16FN3O2/c1-2-13-3-7-15(8-4-13)21-19(25)18-17(24)11-12-23(22-18)16-9-5-14(20)6-10-16/h3-12H,2H2,1H3,(H,21,25). The predicted molar refractivity (Wildman–Crippen MR) is 93.6 cm³/mol. The molecule has 0 aliphatic carbocycles. The molecule has 0 aliphatic rings. The van der Waals surface area contributed by atoms with Crippen LogP contribution in [0.3, 0.4) is 0 Å². The summed E-state index contributed by atoms with van der Waals surface area (Å²) in [6.07, 6.45) is 2.33. The van der Waals surface area contributed by atoms with Gasteiger partial charge >= 0.3 is 0 Å². The van der Waals surface area contributed by atoms with Gasteiger partial charge in [0.25, 0.3) is 5.91 Å². The third kappa shape index (κ3) is 3.80. The van der Waals surface area contributed by atoms with E-state index >= 15 is 0 Å². The summed E-state index contributed by atoms with van der Waals surface area (Å²) >= 11 is 0. The van der Waals surface area contributed by atoms with Gasteiger partial charge in [-0.2, -0.15) is 5.10 Å². The Balaban J connectivity index is 1.87. The van der Waals surface area contributed by atoms with Gasteiger partial charge in [-0.1, -0.05) is 19.1 Å². The number of hydrogen-bond acceptors (Lipinski definition) is 3. The number of carbonyl (C=O) groups excluding carboxylic acids is 1. The number of amides is 1. The fraction of sp³-hybridized carbons (Fsp3) is 0.105. The van der Waals surface area contributed by atoms with E-state index < -0.39 is 11.3 Å². The van der Waals surface area contributed by atoms with Crippen molar-refractivity contribution in [3.63, 3.8) is 0 Å². The number of hydrogen-bond donors (Lipinski definition) is 1. The van der Waals surface area contributed by atoms with Crippen LogP contribution in [0.2, 0.25) is 0 Å². The van der Waals surface area contributed by atoms with Gasteiger partial charge in [0.05, 0.1) is 5.69 Å². The molecule has 1 heterocycles. The Morgan fingerprint density at radius 2 is 1.76 bits per heavy atom. The number of aryl methyl sites for hydroxylation is 1. The quantitative estimate of drug-likeness (QED) is 0.795. The van der Waals surface area contributed by atoms with E-state index in [4.69, 9.17) is 0 Å². The summed E-state index contributed by atoms with van der Waals surface area (Å²) in [5, 5.41) is 6.74. The van der Waals surface area contributed by atoms with Crippen LogP contribution in [-0.4, -0.2) is 15.7 Å². The van der Waals surface area contributed by atoms with Crippen molar-refractivity contribution in [2.24, 2.45) is 0 Å². The van der Waals surface area contributed by atoms with E-state index in [2.05, 4.69) is 10.4 Å². The number of nitrogens with one attached hydrogen (secondary N) is 1. The lowest BCUT2D eigenvalue weighted by molar-refractivity contribution is 0.101. The van der Waals surface area contributed by atoms with E-state index in [1.165, 1.54) is 41.2 Å². The van der Waals surface area contributed by atoms with Crippen molar-refractivity contribution in [3.05, 3.63) is 88.1 Å². The second-order valence-corrected chi connectivity index (χ2v) is 5.45. The number of anilines is 1. The zero-order valence-corrected chi connectivity index (χ0v) is 13.6. The second kappa shape index (κ2) is 7.09. The molecule has 0 saturated heterocycles. The van der Waals surface area contributed by atoms with Gasteiger partial charge in [-0.3, -0.25) is 9.59 Å². The van der Waals surface area contributed by atoms with E-state index in [9.17, 15) is 14.0 Å². The minimum atomic E-state index is -0.592. The third-order valence-electron chi connectivity index (χ3n) is 3.73. The Labute approximate surface area is 143 Å². The number of nitrogens with zero attached hydrogens (tertiary/aromatic N) is 2. The van der Waals surface area contributed by atoms with Gasteiger partial charge in [0.1, 0.15) is 5.82 Å². The molecule has 5 nitrogen and oxygen atoms in total. The van der Waals surface area contributed by atoms with Gasteiger partial charge in [-0.25, -0.2) is 9.07 Å². The molecular formula is C19H16FN3O2. The average molecular weight is 337 g/mol. The van der Waals surface area contributed by atoms with Crippen molar-refractivity contribution in [2.45, 2.75) is 13.3 Å². The first-order valence-electron chi connectivity index (χ1n) is 7.83. The van der Waals surface area contributed by atoms with Crippen LogP contribution in [0, 0.1) is 5.82 Å². The molecule has 1 N–H and O–H groups in total. The second-order valence-electron chi connectivity index (χ2n) is 5.45. The number of halogens is 1. The number of aromatic nitrogens is 2. The Hall–Kier alpha value is -3.28. The van der Waals surface area contributed by atoms with Crippen molar-refractivity contribution >= 4 is 11.6 Å². The number of carbonyl (C=O) groups is 1. The molecule has 0 atom stereocenters. The molecule has 0 spiro atoms. The first-order valence-corrected chi connectivity index (χ1v) is 7.83. The number of rotatable bonds is 4. The molecule has 126 valence electrons. The summed E-state index contributed by atoms with van der Waals surface area (Å²) < 4.78 is 14.4. The summed E-state index contributed by atoms with van der Waals surface area (Å²) in [7, 11) is 0. The molecule has 0 unspecified atom stereocenters.